The zero-order valence-electron chi connectivity index (χ0n) is 17.4. The normalized spacial score (nSPS) is 18.0. The van der Waals surface area contributed by atoms with Crippen LogP contribution in [0.2, 0.25) is 0 Å². The molecule has 0 radical (unpaired) electrons. The number of ether oxygens (including phenoxy) is 2. The standard InChI is InChI=1S/C24H28N2O4/c1-29-20-8-4-6-18(17-20)16-19-7-5-13-25(19)23(27)11-12-24(28)26-14-15-30-22-10-3-2-9-21(22)26/h2-4,6,8-10,17,19H,5,7,11-16H2,1H3. The van der Waals surface area contributed by atoms with Gasteiger partial charge in [-0.25, -0.2) is 0 Å². The van der Waals surface area contributed by atoms with Gasteiger partial charge < -0.3 is 19.3 Å². The molecule has 30 heavy (non-hydrogen) atoms. The van der Waals surface area contributed by atoms with Gasteiger partial charge in [0.25, 0.3) is 0 Å². The molecule has 4 rings (SSSR count). The number of hydrogen-bond donors (Lipinski definition) is 0. The fraction of sp³-hybridized carbons (Fsp3) is 0.417. The Bertz CT molecular complexity index is 914. The number of hydrogen-bond acceptors (Lipinski definition) is 4. The molecular weight excluding hydrogens is 380 g/mol. The van der Waals surface area contributed by atoms with Crippen molar-refractivity contribution >= 4 is 17.5 Å². The van der Waals surface area contributed by atoms with E-state index in [0.717, 1.165) is 43.0 Å². The summed E-state index contributed by atoms with van der Waals surface area (Å²) >= 11 is 0. The molecule has 6 heteroatoms. The number of nitrogens with zero attached hydrogens (tertiary/aromatic N) is 2. The average molecular weight is 408 g/mol. The molecule has 158 valence electrons. The second-order valence-corrected chi connectivity index (χ2v) is 7.80. The number of carbonyl (C=O) groups excluding carboxylic acids is 2. The van der Waals surface area contributed by atoms with Gasteiger partial charge in [0, 0.05) is 25.4 Å². The predicted octanol–water partition coefficient (Wildman–Crippen LogP) is 3.43. The Balaban J connectivity index is 1.35. The molecule has 0 saturated carbocycles. The highest BCUT2D eigenvalue weighted by Crippen LogP contribution is 2.31. The maximum atomic E-state index is 12.9. The summed E-state index contributed by atoms with van der Waals surface area (Å²) in [5.41, 5.74) is 1.96. The first-order chi connectivity index (χ1) is 14.7. The van der Waals surface area contributed by atoms with Gasteiger partial charge >= 0.3 is 0 Å². The van der Waals surface area contributed by atoms with Gasteiger partial charge in [-0.15, -0.1) is 0 Å². The third kappa shape index (κ3) is 4.42. The van der Waals surface area contributed by atoms with E-state index in [-0.39, 0.29) is 30.7 Å². The Morgan fingerprint density at radius 1 is 1.07 bits per heavy atom. The number of carbonyl (C=O) groups is 2. The van der Waals surface area contributed by atoms with Gasteiger partial charge in [-0.1, -0.05) is 24.3 Å². The summed E-state index contributed by atoms with van der Waals surface area (Å²) in [6, 6.07) is 15.7. The van der Waals surface area contributed by atoms with E-state index in [1.165, 1.54) is 5.56 Å². The number of anilines is 1. The minimum absolute atomic E-state index is 0.0253. The van der Waals surface area contributed by atoms with Gasteiger partial charge in [0.15, 0.2) is 0 Å². The molecule has 0 spiro atoms. The molecule has 2 aromatic rings. The van der Waals surface area contributed by atoms with Crippen LogP contribution in [-0.2, 0) is 16.0 Å². The Hall–Kier alpha value is -3.02. The molecule has 2 aromatic carbocycles. The van der Waals surface area contributed by atoms with Gasteiger partial charge in [-0.2, -0.15) is 0 Å². The molecule has 2 amide bonds. The quantitative estimate of drug-likeness (QED) is 0.735. The Labute approximate surface area is 177 Å². The van der Waals surface area contributed by atoms with E-state index in [4.69, 9.17) is 9.47 Å². The zero-order valence-corrected chi connectivity index (χ0v) is 17.4. The van der Waals surface area contributed by atoms with Crippen molar-refractivity contribution in [2.24, 2.45) is 0 Å². The molecule has 1 fully saturated rings. The van der Waals surface area contributed by atoms with Crippen molar-refractivity contribution in [3.05, 3.63) is 54.1 Å². The first-order valence-electron chi connectivity index (χ1n) is 10.6. The Kier molecular flexibility index (Phi) is 6.21. The van der Waals surface area contributed by atoms with Crippen molar-refractivity contribution in [1.82, 2.24) is 4.90 Å². The molecule has 2 aliphatic heterocycles. The van der Waals surface area contributed by atoms with Crippen molar-refractivity contribution < 1.29 is 19.1 Å². The van der Waals surface area contributed by atoms with E-state index >= 15 is 0 Å². The van der Waals surface area contributed by atoms with E-state index in [0.29, 0.717) is 13.2 Å². The summed E-state index contributed by atoms with van der Waals surface area (Å²) in [6.45, 7) is 1.76. The topological polar surface area (TPSA) is 59.1 Å². The number of methoxy groups -OCH3 is 1. The van der Waals surface area contributed by atoms with Crippen LogP contribution < -0.4 is 14.4 Å². The Morgan fingerprint density at radius 3 is 2.77 bits per heavy atom. The second kappa shape index (κ2) is 9.20. The molecule has 1 atom stereocenters. The van der Waals surface area contributed by atoms with E-state index in [2.05, 4.69) is 6.07 Å². The highest BCUT2D eigenvalue weighted by atomic mass is 16.5. The van der Waals surface area contributed by atoms with E-state index < -0.39 is 0 Å². The highest BCUT2D eigenvalue weighted by Gasteiger charge is 2.30. The smallest absolute Gasteiger partial charge is 0.227 e. The number of benzene rings is 2. The molecule has 0 aromatic heterocycles. The fourth-order valence-corrected chi connectivity index (χ4v) is 4.37. The second-order valence-electron chi connectivity index (χ2n) is 7.80. The third-order valence-electron chi connectivity index (χ3n) is 5.89. The Morgan fingerprint density at radius 2 is 1.90 bits per heavy atom. The molecule has 0 aliphatic carbocycles. The number of likely N-dealkylation sites (tertiary alicyclic amines) is 1. The van der Waals surface area contributed by atoms with E-state index in [1.807, 2.05) is 47.4 Å². The molecule has 2 aliphatic rings. The maximum absolute atomic E-state index is 12.9. The molecule has 0 bridgehead atoms. The number of para-hydroxylation sites is 2. The predicted molar refractivity (Wildman–Crippen MR) is 115 cm³/mol. The molecule has 6 nitrogen and oxygen atoms in total. The first kappa shape index (κ1) is 20.3. The van der Waals surface area contributed by atoms with E-state index in [9.17, 15) is 9.59 Å². The largest absolute Gasteiger partial charge is 0.497 e. The minimum atomic E-state index is -0.0253. The van der Waals surface area contributed by atoms with Crippen molar-refractivity contribution in [1.29, 1.82) is 0 Å². The molecule has 1 saturated heterocycles. The average Bonchev–Trinajstić information content (AvgIpc) is 3.25. The van der Waals surface area contributed by atoms with Crippen molar-refractivity contribution in [2.45, 2.75) is 38.1 Å². The van der Waals surface area contributed by atoms with Crippen LogP contribution in [-0.4, -0.2) is 49.6 Å². The van der Waals surface area contributed by atoms with Crippen molar-refractivity contribution in [3.8, 4) is 11.5 Å². The fourth-order valence-electron chi connectivity index (χ4n) is 4.37. The van der Waals surface area contributed by atoms with Gasteiger partial charge in [-0.05, 0) is 49.1 Å². The summed E-state index contributed by atoms with van der Waals surface area (Å²) in [6.07, 6.45) is 3.27. The lowest BCUT2D eigenvalue weighted by molar-refractivity contribution is -0.133. The maximum Gasteiger partial charge on any atom is 0.227 e. The van der Waals surface area contributed by atoms with Gasteiger partial charge in [0.1, 0.15) is 18.1 Å². The monoisotopic (exact) mass is 408 g/mol. The lowest BCUT2D eigenvalue weighted by Gasteiger charge is -2.30. The number of rotatable bonds is 6. The SMILES string of the molecule is COc1cccc(CC2CCCN2C(=O)CCC(=O)N2CCOc3ccccc32)c1. The zero-order chi connectivity index (χ0) is 20.9. The minimum Gasteiger partial charge on any atom is -0.497 e. The highest BCUT2D eigenvalue weighted by molar-refractivity contribution is 5.97. The van der Waals surface area contributed by atoms with Crippen LogP contribution in [0.25, 0.3) is 0 Å². The molecule has 0 N–H and O–H groups in total. The summed E-state index contributed by atoms with van der Waals surface area (Å²) in [5.74, 6) is 1.60. The van der Waals surface area contributed by atoms with Gasteiger partial charge in [-0.3, -0.25) is 9.59 Å². The van der Waals surface area contributed by atoms with Crippen LogP contribution in [0.1, 0.15) is 31.2 Å². The van der Waals surface area contributed by atoms with Gasteiger partial charge in [0.2, 0.25) is 11.8 Å². The summed E-state index contributed by atoms with van der Waals surface area (Å²) in [7, 11) is 1.66. The van der Waals surface area contributed by atoms with Gasteiger partial charge in [0.05, 0.1) is 19.3 Å². The van der Waals surface area contributed by atoms with Crippen molar-refractivity contribution in [2.75, 3.05) is 31.7 Å². The summed E-state index contributed by atoms with van der Waals surface area (Å²) < 4.78 is 10.9. The van der Waals surface area contributed by atoms with Crippen LogP contribution in [0, 0.1) is 0 Å². The number of fused-ring (bicyclic) bond motifs is 1. The number of amides is 2. The summed E-state index contributed by atoms with van der Waals surface area (Å²) in [4.78, 5) is 29.4. The molecule has 2 heterocycles. The molecule has 1 unspecified atom stereocenters. The lowest BCUT2D eigenvalue weighted by atomic mass is 10.0. The lowest BCUT2D eigenvalue weighted by Crippen LogP contribution is -2.40. The first-order valence-corrected chi connectivity index (χ1v) is 10.6. The van der Waals surface area contributed by atoms with Crippen molar-refractivity contribution in [3.63, 3.8) is 0 Å². The van der Waals surface area contributed by atoms with Crippen LogP contribution in [0.15, 0.2) is 48.5 Å². The third-order valence-corrected chi connectivity index (χ3v) is 5.89. The summed E-state index contributed by atoms with van der Waals surface area (Å²) in [5, 5.41) is 0. The van der Waals surface area contributed by atoms with Crippen LogP contribution in [0.3, 0.4) is 0 Å². The van der Waals surface area contributed by atoms with Crippen LogP contribution in [0.5, 0.6) is 11.5 Å². The molecular formula is C24H28N2O4. The van der Waals surface area contributed by atoms with E-state index in [1.54, 1.807) is 12.0 Å². The van der Waals surface area contributed by atoms with Crippen LogP contribution in [0.4, 0.5) is 5.69 Å². The van der Waals surface area contributed by atoms with Crippen LogP contribution >= 0.6 is 0 Å².